The van der Waals surface area contributed by atoms with Gasteiger partial charge in [-0.25, -0.2) is 4.39 Å². The lowest BCUT2D eigenvalue weighted by atomic mass is 10.1. The first kappa shape index (κ1) is 13.0. The van der Waals surface area contributed by atoms with Crippen molar-refractivity contribution in [3.8, 4) is 0 Å². The molecule has 2 N–H and O–H groups in total. The highest BCUT2D eigenvalue weighted by Gasteiger charge is 2.10. The van der Waals surface area contributed by atoms with E-state index in [2.05, 4.69) is 15.6 Å². The number of pyridine rings is 1. The Labute approximate surface area is 110 Å². The number of aromatic nitrogens is 1. The van der Waals surface area contributed by atoms with Crippen molar-refractivity contribution in [2.75, 3.05) is 17.7 Å². The monoisotopic (exact) mass is 259 g/mol. The molecule has 0 aliphatic carbocycles. The van der Waals surface area contributed by atoms with Gasteiger partial charge >= 0.3 is 0 Å². The lowest BCUT2D eigenvalue weighted by molar-refractivity contribution is 0.102. The van der Waals surface area contributed by atoms with Crippen LogP contribution in [0.5, 0.6) is 0 Å². The second-order valence-electron chi connectivity index (χ2n) is 4.09. The Morgan fingerprint density at radius 3 is 2.68 bits per heavy atom. The molecule has 0 fully saturated rings. The fourth-order valence-corrected chi connectivity index (χ4v) is 1.76. The third-order valence-electron chi connectivity index (χ3n) is 2.78. The van der Waals surface area contributed by atoms with Crippen molar-refractivity contribution in [3.05, 3.63) is 53.6 Å². The normalized spacial score (nSPS) is 10.1. The van der Waals surface area contributed by atoms with Gasteiger partial charge in [0.05, 0.1) is 11.9 Å². The summed E-state index contributed by atoms with van der Waals surface area (Å²) in [6.07, 6.45) is 2.49. The SMILES string of the molecule is CNc1ccc(C(=O)Nc2ccncc2F)cc1C. The molecule has 0 spiro atoms. The van der Waals surface area contributed by atoms with Gasteiger partial charge in [0.15, 0.2) is 5.82 Å². The van der Waals surface area contributed by atoms with Gasteiger partial charge in [-0.1, -0.05) is 0 Å². The van der Waals surface area contributed by atoms with E-state index in [0.29, 0.717) is 5.56 Å². The molecule has 0 aliphatic rings. The van der Waals surface area contributed by atoms with Gasteiger partial charge in [-0.3, -0.25) is 9.78 Å². The highest BCUT2D eigenvalue weighted by Crippen LogP contribution is 2.18. The Hall–Kier alpha value is -2.43. The van der Waals surface area contributed by atoms with Crippen molar-refractivity contribution in [3.63, 3.8) is 0 Å². The highest BCUT2D eigenvalue weighted by atomic mass is 19.1. The van der Waals surface area contributed by atoms with Gasteiger partial charge in [0, 0.05) is 24.5 Å². The largest absolute Gasteiger partial charge is 0.388 e. The maximum atomic E-state index is 13.4. The minimum Gasteiger partial charge on any atom is -0.388 e. The van der Waals surface area contributed by atoms with Crippen LogP contribution in [0.15, 0.2) is 36.7 Å². The Bertz CT molecular complexity index is 613. The van der Waals surface area contributed by atoms with E-state index >= 15 is 0 Å². The molecule has 1 amide bonds. The van der Waals surface area contributed by atoms with Gasteiger partial charge in [0.25, 0.3) is 5.91 Å². The van der Waals surface area contributed by atoms with Crippen LogP contribution in [-0.2, 0) is 0 Å². The van der Waals surface area contributed by atoms with Gasteiger partial charge in [-0.2, -0.15) is 0 Å². The summed E-state index contributed by atoms with van der Waals surface area (Å²) in [5.74, 6) is -0.907. The molecule has 2 aromatic rings. The van der Waals surface area contributed by atoms with Gasteiger partial charge < -0.3 is 10.6 Å². The van der Waals surface area contributed by atoms with Crippen LogP contribution in [0.4, 0.5) is 15.8 Å². The quantitative estimate of drug-likeness (QED) is 0.891. The van der Waals surface area contributed by atoms with E-state index in [4.69, 9.17) is 0 Å². The van der Waals surface area contributed by atoms with Crippen molar-refractivity contribution >= 4 is 17.3 Å². The summed E-state index contributed by atoms with van der Waals surface area (Å²) in [4.78, 5) is 15.6. The van der Waals surface area contributed by atoms with E-state index in [1.54, 1.807) is 12.1 Å². The van der Waals surface area contributed by atoms with Gasteiger partial charge in [0.2, 0.25) is 0 Å². The number of hydrogen-bond donors (Lipinski definition) is 2. The minimum atomic E-state index is -0.556. The molecule has 0 unspecified atom stereocenters. The molecule has 0 radical (unpaired) electrons. The first-order valence-corrected chi connectivity index (χ1v) is 5.81. The number of halogens is 1. The first-order chi connectivity index (χ1) is 9.11. The smallest absolute Gasteiger partial charge is 0.255 e. The Morgan fingerprint density at radius 2 is 2.05 bits per heavy atom. The summed E-state index contributed by atoms with van der Waals surface area (Å²) in [5.41, 5.74) is 2.50. The molecule has 19 heavy (non-hydrogen) atoms. The van der Waals surface area contributed by atoms with E-state index in [9.17, 15) is 9.18 Å². The van der Waals surface area contributed by atoms with Crippen LogP contribution in [0.3, 0.4) is 0 Å². The van der Waals surface area contributed by atoms with E-state index in [0.717, 1.165) is 17.4 Å². The van der Waals surface area contributed by atoms with Crippen molar-refractivity contribution in [1.82, 2.24) is 4.98 Å². The standard InChI is InChI=1S/C14H14FN3O/c1-9-7-10(3-4-12(9)16-2)14(19)18-13-5-6-17-8-11(13)15/h3-8,16H,1-2H3,(H,17,18,19). The maximum absolute atomic E-state index is 13.4. The van der Waals surface area contributed by atoms with Crippen LogP contribution in [0, 0.1) is 12.7 Å². The first-order valence-electron chi connectivity index (χ1n) is 5.81. The molecule has 0 saturated heterocycles. The zero-order valence-electron chi connectivity index (χ0n) is 10.7. The Morgan fingerprint density at radius 1 is 1.26 bits per heavy atom. The number of anilines is 2. The number of benzene rings is 1. The molecule has 0 atom stereocenters. The molecule has 98 valence electrons. The average Bonchev–Trinajstić information content (AvgIpc) is 2.41. The van der Waals surface area contributed by atoms with E-state index in [1.165, 1.54) is 12.3 Å². The second kappa shape index (κ2) is 5.48. The molecule has 4 nitrogen and oxygen atoms in total. The lowest BCUT2D eigenvalue weighted by Gasteiger charge is -2.09. The lowest BCUT2D eigenvalue weighted by Crippen LogP contribution is -2.13. The van der Waals surface area contributed by atoms with Crippen LogP contribution >= 0.6 is 0 Å². The molecule has 0 bridgehead atoms. The molecule has 5 heteroatoms. The summed E-state index contributed by atoms with van der Waals surface area (Å²) >= 11 is 0. The average molecular weight is 259 g/mol. The van der Waals surface area contributed by atoms with E-state index in [1.807, 2.05) is 20.0 Å². The molecule has 1 aromatic heterocycles. The molecular formula is C14H14FN3O. The van der Waals surface area contributed by atoms with Crippen LogP contribution in [0.1, 0.15) is 15.9 Å². The molecule has 1 heterocycles. The number of aryl methyl sites for hydroxylation is 1. The predicted octanol–water partition coefficient (Wildman–Crippen LogP) is 2.82. The number of carbonyl (C=O) groups excluding carboxylic acids is 1. The number of nitrogens with zero attached hydrogens (tertiary/aromatic N) is 1. The molecule has 2 rings (SSSR count). The third-order valence-corrected chi connectivity index (χ3v) is 2.78. The minimum absolute atomic E-state index is 0.121. The summed E-state index contributed by atoms with van der Waals surface area (Å²) in [6.45, 7) is 1.90. The third kappa shape index (κ3) is 2.88. The number of rotatable bonds is 3. The fraction of sp³-hybridized carbons (Fsp3) is 0.143. The van der Waals surface area contributed by atoms with E-state index < -0.39 is 5.82 Å². The zero-order valence-corrected chi connectivity index (χ0v) is 10.7. The Kier molecular flexibility index (Phi) is 3.75. The van der Waals surface area contributed by atoms with Gasteiger partial charge in [0.1, 0.15) is 0 Å². The van der Waals surface area contributed by atoms with Crippen molar-refractivity contribution in [2.45, 2.75) is 6.92 Å². The summed E-state index contributed by atoms with van der Waals surface area (Å²) in [5, 5.41) is 5.54. The van der Waals surface area contributed by atoms with Crippen molar-refractivity contribution < 1.29 is 9.18 Å². The van der Waals surface area contributed by atoms with Crippen molar-refractivity contribution in [2.24, 2.45) is 0 Å². The summed E-state index contributed by atoms with van der Waals surface area (Å²) < 4.78 is 13.4. The maximum Gasteiger partial charge on any atom is 0.255 e. The van der Waals surface area contributed by atoms with Gasteiger partial charge in [-0.05, 0) is 36.8 Å². The van der Waals surface area contributed by atoms with Crippen LogP contribution in [0.2, 0.25) is 0 Å². The van der Waals surface area contributed by atoms with Crippen LogP contribution in [0.25, 0.3) is 0 Å². The predicted molar refractivity (Wildman–Crippen MR) is 72.9 cm³/mol. The molecule has 0 aliphatic heterocycles. The van der Waals surface area contributed by atoms with Gasteiger partial charge in [-0.15, -0.1) is 0 Å². The molecular weight excluding hydrogens is 245 g/mol. The molecule has 1 aromatic carbocycles. The fourth-order valence-electron chi connectivity index (χ4n) is 1.76. The highest BCUT2D eigenvalue weighted by molar-refractivity contribution is 6.04. The Balaban J connectivity index is 2.21. The van der Waals surface area contributed by atoms with Crippen molar-refractivity contribution in [1.29, 1.82) is 0 Å². The number of amides is 1. The van der Waals surface area contributed by atoms with Crippen LogP contribution < -0.4 is 10.6 Å². The summed E-state index contributed by atoms with van der Waals surface area (Å²) in [6, 6.07) is 6.67. The summed E-state index contributed by atoms with van der Waals surface area (Å²) in [7, 11) is 1.81. The zero-order chi connectivity index (χ0) is 13.8. The number of hydrogen-bond acceptors (Lipinski definition) is 3. The number of carbonyl (C=O) groups is 1. The second-order valence-corrected chi connectivity index (χ2v) is 4.09. The van der Waals surface area contributed by atoms with Crippen LogP contribution in [-0.4, -0.2) is 17.9 Å². The topological polar surface area (TPSA) is 54.0 Å². The van der Waals surface area contributed by atoms with E-state index in [-0.39, 0.29) is 11.6 Å². The molecule has 0 saturated carbocycles. The number of nitrogens with one attached hydrogen (secondary N) is 2.